The summed E-state index contributed by atoms with van der Waals surface area (Å²) in [4.78, 5) is 180. The Morgan fingerprint density at radius 1 is 0.426 bits per heavy atom. The highest BCUT2D eigenvalue weighted by Crippen LogP contribution is 2.74. The third-order valence-corrected chi connectivity index (χ3v) is 42.8. The molecule has 0 aromatic carbocycles. The number of allylic oxidation sites excluding steroid dienone is 26. The van der Waals surface area contributed by atoms with Crippen molar-refractivity contribution in [3.63, 3.8) is 0 Å². The summed E-state index contributed by atoms with van der Waals surface area (Å²) in [5.74, 6) is -6.18. The molecule has 10 saturated carbocycles. The Kier molecular flexibility index (Phi) is 30.4. The second kappa shape index (κ2) is 40.4. The minimum atomic E-state index is -4.45. The molecule has 13 unspecified atom stereocenters. The maximum atomic E-state index is 14.2. The largest absolute Gasteiger partial charge is 0.458 e. The number of carbonyl (C=O) groups is 15. The quantitative estimate of drug-likeness (QED) is 0.0273. The van der Waals surface area contributed by atoms with Gasteiger partial charge in [-0.15, -0.1) is 23.2 Å². The number of Topliss-reactive ketones (excluding diaryl/α,β-unsaturated/α-hetero) is 5. The number of carbonyl (C=O) groups excluding carboxylic acids is 15. The predicted octanol–water partition coefficient (Wildman–Crippen LogP) is 16.7. The van der Waals surface area contributed by atoms with Gasteiger partial charge in [0.05, 0.1) is 24.1 Å². The summed E-state index contributed by atoms with van der Waals surface area (Å²) >= 11 is 13.7. The summed E-state index contributed by atoms with van der Waals surface area (Å²) in [6.45, 7) is 23.6. The van der Waals surface area contributed by atoms with Gasteiger partial charge in [-0.2, -0.15) is 13.2 Å². The van der Waals surface area contributed by atoms with Crippen LogP contribution < -0.4 is 11.5 Å². The molecule has 0 aromatic rings. The fraction of sp³-hybridized carbons (Fsp3) is 0.653. The maximum absolute atomic E-state index is 14.2. The molecule has 802 valence electrons. The van der Waals surface area contributed by atoms with E-state index < -0.39 is 129 Å². The first-order chi connectivity index (χ1) is 69.2. The van der Waals surface area contributed by atoms with E-state index >= 15 is 0 Å². The number of ether oxygens (including phenoxy) is 3. The number of nitrogens with two attached hydrogens (primary N) is 2. The van der Waals surface area contributed by atoms with Gasteiger partial charge in [-0.1, -0.05) is 161 Å². The van der Waals surface area contributed by atoms with Gasteiger partial charge in [-0.05, 0) is 292 Å². The van der Waals surface area contributed by atoms with Gasteiger partial charge >= 0.3 is 24.1 Å². The molecule has 0 bridgehead atoms. The third-order valence-electron chi connectivity index (χ3n) is 42.0. The van der Waals surface area contributed by atoms with E-state index in [4.69, 9.17) is 48.9 Å². The lowest BCUT2D eigenvalue weighted by Gasteiger charge is -2.57. The van der Waals surface area contributed by atoms with Crippen LogP contribution in [0.3, 0.4) is 0 Å². The highest BCUT2D eigenvalue weighted by molar-refractivity contribution is 6.23. The van der Waals surface area contributed by atoms with Gasteiger partial charge in [0.1, 0.15) is 36.6 Å². The number of amides is 2. The molecule has 0 aromatic heterocycles. The van der Waals surface area contributed by atoms with Crippen molar-refractivity contribution in [2.45, 2.75) is 304 Å². The maximum Gasteiger partial charge on any atom is 0.392 e. The molecular weight excluding hydrogens is 1940 g/mol. The molecule has 30 atom stereocenters. The number of aliphatic hydroxyl groups is 5. The van der Waals surface area contributed by atoms with Crippen LogP contribution in [0.25, 0.3) is 0 Å². The molecule has 20 aliphatic carbocycles. The number of primary amides is 2. The SMILES string of the molecule is CC(=O)OCC(=O)[C@H]1CCC2C3CC(Cl)C4=CC(=O)C=C[C@]4(C)C3=CC[C@@]21C.C[C@@H]1CC2C3CCC4=CC(=O)C=C[C@]4(C)C3=CC[C@]2(C)[C@@]1(O)C(=O)COC(=O)CCC(N)=O.C[C@H]1CC2C3CCC4=CC(=O)C=C[C@]4(C)C3=CC[C@]2(C)[C@@]1(O)C(=O)COC(=O)CCC(N)=O.C[C@]12CCC(=O)C=C1CC(C(F)(F)F)C1C2=CC[C@@]2(C)C1CC[C@]2(O)C(=O)CO.C[C@]12CCC(=O)C=C1CC(Cl)C1C2=CC[C@@]2(C)C1CC[C@@H]2C(=O)CO. The molecule has 20 rings (SSSR count). The average Bonchev–Trinajstić information content (AvgIpc) is 1.47. The lowest BCUT2D eigenvalue weighted by Crippen LogP contribution is -2.57. The molecular formula is C118H147Cl2F3N2O23. The van der Waals surface area contributed by atoms with Crippen molar-refractivity contribution in [2.24, 2.45) is 154 Å². The zero-order valence-corrected chi connectivity index (χ0v) is 89.0. The van der Waals surface area contributed by atoms with Gasteiger partial charge in [-0.25, -0.2) is 0 Å². The van der Waals surface area contributed by atoms with Crippen LogP contribution in [0.15, 0.2) is 153 Å². The van der Waals surface area contributed by atoms with Gasteiger partial charge < -0.3 is 51.2 Å². The minimum absolute atomic E-state index is 0.00909. The van der Waals surface area contributed by atoms with E-state index in [0.29, 0.717) is 80.3 Å². The molecule has 9 N–H and O–H groups in total. The Morgan fingerprint density at radius 2 is 0.858 bits per heavy atom. The summed E-state index contributed by atoms with van der Waals surface area (Å²) in [5, 5.41) is 53.3. The van der Waals surface area contributed by atoms with Gasteiger partial charge in [0, 0.05) is 99.1 Å². The molecule has 2 amide bonds. The standard InChI is InChI=1S/2C26H33NO6.C23H27ClO4.C22H27F3O4.C21H27ClO3/c2*1-15-12-20-18-5-4-16-13-17(28)8-10-24(16,2)19(18)9-11-25(20,3)26(15,32)21(29)14-33-23(31)7-6-22(27)30;1-13(25)28-12-21(27)18-5-4-16-15-11-20(24)19-10-14(26)6-8-23(19,3)17(15)7-9-22(16,18)2;1-19-6-3-13(27)9-12(19)10-16(22(23,24)25)18-14(19)4-7-20(2)15(18)5-8-21(20,29)17(28)11-26;1-20-7-5-13(24)9-12(20)10-17(22)19-15-4-3-14(18(25)11-23)21(15,2)8-6-16(19)20/h2*8-10,13,15,18,20,32H,4-7,11-12,14H2,1-3H3,(H2,27,30);6-8,10,15-16,18,20H,4-5,9,11-12H2,1-3H3;4,9,15-16,18,26,29H,3,5-8,10-11H2,1-2H3;6,9,14-15,17,19,23H,3-5,7-8,10-11H2,1-2H3/t15-,18?,20?,24+,25+,26+;15-,18?,20?,24-,25-,26-;15?,16?,18-,20?,22+,23-;15?,16?,18?,19-,20-,21-;14-,15?,17?,19?,20+,21-/m10101/s1. The summed E-state index contributed by atoms with van der Waals surface area (Å²) in [6.07, 6.45) is 40.7. The topological polar surface area (TPSA) is 437 Å². The van der Waals surface area contributed by atoms with Crippen molar-refractivity contribution in [3.05, 3.63) is 153 Å². The number of rotatable bonds is 19. The Bertz CT molecular complexity index is 5880. The molecule has 20 aliphatic rings. The molecule has 30 heteroatoms. The first-order valence-corrected chi connectivity index (χ1v) is 54.3. The molecule has 148 heavy (non-hydrogen) atoms. The van der Waals surface area contributed by atoms with E-state index in [0.717, 1.165) is 100 Å². The van der Waals surface area contributed by atoms with Gasteiger partial charge in [0.25, 0.3) is 0 Å². The zero-order valence-electron chi connectivity index (χ0n) is 87.5. The molecule has 0 radical (unpaired) electrons. The third kappa shape index (κ3) is 18.4. The summed E-state index contributed by atoms with van der Waals surface area (Å²) in [5.41, 5.74) is 12.0. The molecule has 0 aliphatic heterocycles. The van der Waals surface area contributed by atoms with Crippen LogP contribution in [0.2, 0.25) is 0 Å². The van der Waals surface area contributed by atoms with E-state index in [2.05, 4.69) is 65.8 Å². The van der Waals surface area contributed by atoms with Gasteiger partial charge in [0.15, 0.2) is 59.5 Å². The van der Waals surface area contributed by atoms with Crippen molar-refractivity contribution in [1.29, 1.82) is 0 Å². The number of fused-ring (bicyclic) bond motifs is 25. The second-order valence-electron chi connectivity index (χ2n) is 49.0. The summed E-state index contributed by atoms with van der Waals surface area (Å²) in [7, 11) is 0. The zero-order chi connectivity index (χ0) is 108. The Hall–Kier alpha value is -9.16. The van der Waals surface area contributed by atoms with Crippen LogP contribution in [0.1, 0.15) is 270 Å². The molecule has 0 heterocycles. The van der Waals surface area contributed by atoms with E-state index in [1.54, 1.807) is 49.5 Å². The second-order valence-corrected chi connectivity index (χ2v) is 50.1. The number of esters is 3. The monoisotopic (exact) mass is 2090 g/mol. The number of hydrogen-bond acceptors (Lipinski definition) is 23. The Morgan fingerprint density at radius 3 is 1.34 bits per heavy atom. The molecule has 0 saturated heterocycles. The van der Waals surface area contributed by atoms with Crippen molar-refractivity contribution in [2.75, 3.05) is 33.0 Å². The average molecular weight is 2090 g/mol. The van der Waals surface area contributed by atoms with Crippen LogP contribution in [-0.2, 0) is 86.1 Å². The van der Waals surface area contributed by atoms with Crippen molar-refractivity contribution < 1.29 is 125 Å². The van der Waals surface area contributed by atoms with E-state index in [1.807, 2.05) is 58.9 Å². The fourth-order valence-corrected chi connectivity index (χ4v) is 34.5. The van der Waals surface area contributed by atoms with Crippen LogP contribution in [0.5, 0.6) is 0 Å². The Labute approximate surface area is 874 Å². The molecule has 0 spiro atoms. The summed E-state index contributed by atoms with van der Waals surface area (Å²) < 4.78 is 57.7. The molecule has 10 fully saturated rings. The number of hydrogen-bond donors (Lipinski definition) is 7. The first-order valence-electron chi connectivity index (χ1n) is 53.5. The number of aliphatic hydroxyl groups excluding tert-OH is 2. The van der Waals surface area contributed by atoms with Gasteiger partial charge in [-0.3, -0.25) is 71.9 Å². The smallest absolute Gasteiger partial charge is 0.392 e. The number of alkyl halides is 5. The van der Waals surface area contributed by atoms with Crippen LogP contribution in [-0.4, -0.2) is 180 Å². The van der Waals surface area contributed by atoms with Crippen molar-refractivity contribution in [3.8, 4) is 0 Å². The summed E-state index contributed by atoms with van der Waals surface area (Å²) in [6, 6.07) is 0. The first kappa shape index (κ1) is 111. The van der Waals surface area contributed by atoms with Gasteiger partial charge in [0.2, 0.25) is 23.4 Å². The lowest BCUT2D eigenvalue weighted by molar-refractivity contribution is -0.204. The predicted molar refractivity (Wildman–Crippen MR) is 544 cm³/mol. The number of ketones is 10. The molecule has 25 nitrogen and oxygen atoms in total. The van der Waals surface area contributed by atoms with E-state index in [9.17, 15) is 111 Å². The normalized spacial score (nSPS) is 41.7. The van der Waals surface area contributed by atoms with Crippen LogP contribution >= 0.6 is 23.2 Å². The van der Waals surface area contributed by atoms with Crippen LogP contribution in [0.4, 0.5) is 13.2 Å². The van der Waals surface area contributed by atoms with E-state index in [-0.39, 0.29) is 195 Å². The fourth-order valence-electron chi connectivity index (χ4n) is 33.6. The Balaban J connectivity index is 0.000000132. The lowest BCUT2D eigenvalue weighted by atomic mass is 9.48. The van der Waals surface area contributed by atoms with Crippen LogP contribution in [0, 0.1) is 143 Å². The van der Waals surface area contributed by atoms with E-state index in [1.165, 1.54) is 40.9 Å². The number of halogens is 5. The highest BCUT2D eigenvalue weighted by Gasteiger charge is 2.73. The highest BCUT2D eigenvalue weighted by atomic mass is 35.5. The minimum Gasteiger partial charge on any atom is -0.458 e. The van der Waals surface area contributed by atoms with Crippen molar-refractivity contribution in [1.82, 2.24) is 0 Å². The van der Waals surface area contributed by atoms with Crippen molar-refractivity contribution >= 4 is 111 Å².